The van der Waals surface area contributed by atoms with Crippen molar-refractivity contribution in [2.24, 2.45) is 0 Å². The van der Waals surface area contributed by atoms with Gasteiger partial charge in [0.25, 0.3) is 0 Å². The second-order valence-corrected chi connectivity index (χ2v) is 4.99. The van der Waals surface area contributed by atoms with Crippen LogP contribution >= 0.6 is 0 Å². The molecule has 6 heteroatoms. The number of aromatic amines is 1. The number of piperidine rings is 1. The van der Waals surface area contributed by atoms with Crippen molar-refractivity contribution in [1.82, 2.24) is 15.5 Å². The maximum absolute atomic E-state index is 13.2. The Kier molecular flexibility index (Phi) is 3.64. The molecule has 106 valence electrons. The monoisotopic (exact) mass is 278 g/mol. The lowest BCUT2D eigenvalue weighted by Crippen LogP contribution is -2.35. The van der Waals surface area contributed by atoms with Crippen molar-refractivity contribution in [3.05, 3.63) is 35.9 Å². The summed E-state index contributed by atoms with van der Waals surface area (Å²) in [5.74, 6) is -0.485. The Balaban J connectivity index is 1.75. The smallest absolute Gasteiger partial charge is 0.148 e. The lowest BCUT2D eigenvalue weighted by atomic mass is 10.1. The topological polar surface area (TPSA) is 52.7 Å². The minimum Gasteiger partial charge on any atom is -0.366 e. The van der Waals surface area contributed by atoms with Crippen molar-refractivity contribution in [3.63, 3.8) is 0 Å². The first kappa shape index (κ1) is 13.1. The van der Waals surface area contributed by atoms with Crippen LogP contribution in [0.2, 0.25) is 0 Å². The fraction of sp³-hybridized carbons (Fsp3) is 0.357. The Morgan fingerprint density at radius 2 is 1.75 bits per heavy atom. The third kappa shape index (κ3) is 2.96. The second kappa shape index (κ2) is 5.58. The molecule has 1 fully saturated rings. The van der Waals surface area contributed by atoms with Gasteiger partial charge in [0, 0.05) is 23.7 Å². The molecule has 20 heavy (non-hydrogen) atoms. The average Bonchev–Trinajstić information content (AvgIpc) is 2.87. The zero-order valence-corrected chi connectivity index (χ0v) is 10.9. The Labute approximate surface area is 115 Å². The molecular formula is C14H16F2N4. The molecule has 0 saturated carbocycles. The molecule has 0 amide bonds. The standard InChI is InChI=1S/C14H16F2N4/c15-10-5-9(6-11(16)7-10)13-8-14(20-19-13)18-12-1-3-17-4-2-12/h5-8,12,17H,1-4H2,(H2,18,19,20). The molecule has 1 aliphatic rings. The summed E-state index contributed by atoms with van der Waals surface area (Å²) in [4.78, 5) is 0. The van der Waals surface area contributed by atoms with Gasteiger partial charge in [-0.2, -0.15) is 5.10 Å². The Hall–Kier alpha value is -1.95. The van der Waals surface area contributed by atoms with Gasteiger partial charge in [-0.05, 0) is 38.1 Å². The average molecular weight is 278 g/mol. The fourth-order valence-corrected chi connectivity index (χ4v) is 2.43. The third-order valence-corrected chi connectivity index (χ3v) is 3.44. The molecule has 0 spiro atoms. The summed E-state index contributed by atoms with van der Waals surface area (Å²) in [7, 11) is 0. The van der Waals surface area contributed by atoms with E-state index < -0.39 is 11.6 Å². The highest BCUT2D eigenvalue weighted by atomic mass is 19.1. The summed E-state index contributed by atoms with van der Waals surface area (Å²) < 4.78 is 26.4. The molecule has 0 unspecified atom stereocenters. The predicted molar refractivity (Wildman–Crippen MR) is 73.5 cm³/mol. The second-order valence-electron chi connectivity index (χ2n) is 4.99. The van der Waals surface area contributed by atoms with Gasteiger partial charge in [-0.25, -0.2) is 8.78 Å². The van der Waals surface area contributed by atoms with E-state index in [1.807, 2.05) is 0 Å². The van der Waals surface area contributed by atoms with E-state index >= 15 is 0 Å². The van der Waals surface area contributed by atoms with E-state index in [1.54, 1.807) is 6.07 Å². The van der Waals surface area contributed by atoms with E-state index in [9.17, 15) is 8.78 Å². The molecule has 1 saturated heterocycles. The first-order valence-corrected chi connectivity index (χ1v) is 6.70. The third-order valence-electron chi connectivity index (χ3n) is 3.44. The molecule has 0 radical (unpaired) electrons. The number of benzene rings is 1. The zero-order valence-electron chi connectivity index (χ0n) is 10.9. The summed E-state index contributed by atoms with van der Waals surface area (Å²) in [5, 5.41) is 13.6. The number of hydrogen-bond acceptors (Lipinski definition) is 3. The number of hydrogen-bond donors (Lipinski definition) is 3. The van der Waals surface area contributed by atoms with Crippen molar-refractivity contribution in [2.75, 3.05) is 18.4 Å². The Morgan fingerprint density at radius 3 is 2.45 bits per heavy atom. The predicted octanol–water partition coefficient (Wildman–Crippen LogP) is 2.52. The fourth-order valence-electron chi connectivity index (χ4n) is 2.43. The lowest BCUT2D eigenvalue weighted by Gasteiger charge is -2.23. The lowest BCUT2D eigenvalue weighted by molar-refractivity contribution is 0.478. The number of rotatable bonds is 3. The summed E-state index contributed by atoms with van der Waals surface area (Å²) >= 11 is 0. The van der Waals surface area contributed by atoms with Crippen molar-refractivity contribution in [3.8, 4) is 11.3 Å². The SMILES string of the molecule is Fc1cc(F)cc(-c2cc(NC3CCNCC3)n[nH]2)c1. The van der Waals surface area contributed by atoms with Gasteiger partial charge >= 0.3 is 0 Å². The number of halogens is 2. The number of H-pyrrole nitrogens is 1. The zero-order chi connectivity index (χ0) is 13.9. The van der Waals surface area contributed by atoms with Crippen LogP contribution in [0.25, 0.3) is 11.3 Å². The van der Waals surface area contributed by atoms with Crippen LogP contribution in [0.5, 0.6) is 0 Å². The van der Waals surface area contributed by atoms with E-state index in [0.29, 0.717) is 23.1 Å². The Morgan fingerprint density at radius 1 is 1.05 bits per heavy atom. The van der Waals surface area contributed by atoms with E-state index in [-0.39, 0.29) is 0 Å². The molecule has 1 aromatic carbocycles. The first-order valence-electron chi connectivity index (χ1n) is 6.70. The molecular weight excluding hydrogens is 262 g/mol. The van der Waals surface area contributed by atoms with E-state index in [2.05, 4.69) is 20.8 Å². The van der Waals surface area contributed by atoms with Crippen LogP contribution in [0.3, 0.4) is 0 Å². The van der Waals surface area contributed by atoms with E-state index in [1.165, 1.54) is 12.1 Å². The van der Waals surface area contributed by atoms with Crippen LogP contribution in [0.1, 0.15) is 12.8 Å². The maximum Gasteiger partial charge on any atom is 0.148 e. The highest BCUT2D eigenvalue weighted by Crippen LogP contribution is 2.22. The molecule has 3 N–H and O–H groups in total. The van der Waals surface area contributed by atoms with Gasteiger partial charge in [-0.15, -0.1) is 0 Å². The van der Waals surface area contributed by atoms with Crippen molar-refractivity contribution in [1.29, 1.82) is 0 Å². The van der Waals surface area contributed by atoms with Crippen LogP contribution < -0.4 is 10.6 Å². The molecule has 2 aromatic rings. The summed E-state index contributed by atoms with van der Waals surface area (Å²) in [6.07, 6.45) is 2.08. The largest absolute Gasteiger partial charge is 0.366 e. The van der Waals surface area contributed by atoms with Crippen LogP contribution in [0.4, 0.5) is 14.6 Å². The number of anilines is 1. The molecule has 1 aliphatic heterocycles. The van der Waals surface area contributed by atoms with Gasteiger partial charge < -0.3 is 10.6 Å². The summed E-state index contributed by atoms with van der Waals surface area (Å²) in [6, 6.07) is 5.58. The number of aromatic nitrogens is 2. The van der Waals surface area contributed by atoms with Crippen molar-refractivity contribution in [2.45, 2.75) is 18.9 Å². The van der Waals surface area contributed by atoms with Gasteiger partial charge in [-0.1, -0.05) is 0 Å². The van der Waals surface area contributed by atoms with Gasteiger partial charge in [0.05, 0.1) is 5.69 Å². The number of nitrogens with one attached hydrogen (secondary N) is 3. The van der Waals surface area contributed by atoms with Crippen LogP contribution in [-0.2, 0) is 0 Å². The van der Waals surface area contributed by atoms with Gasteiger partial charge in [0.2, 0.25) is 0 Å². The van der Waals surface area contributed by atoms with Gasteiger partial charge in [0.1, 0.15) is 17.5 Å². The molecule has 1 aromatic heterocycles. The number of nitrogens with zero attached hydrogens (tertiary/aromatic N) is 1. The minimum atomic E-state index is -0.595. The Bertz CT molecular complexity index is 570. The van der Waals surface area contributed by atoms with Crippen LogP contribution in [0, 0.1) is 11.6 Å². The van der Waals surface area contributed by atoms with Crippen LogP contribution in [-0.4, -0.2) is 29.3 Å². The highest BCUT2D eigenvalue weighted by molar-refractivity contribution is 5.62. The molecule has 0 atom stereocenters. The summed E-state index contributed by atoms with van der Waals surface area (Å²) in [5.41, 5.74) is 1.05. The maximum atomic E-state index is 13.2. The first-order chi connectivity index (χ1) is 9.70. The van der Waals surface area contributed by atoms with E-state index in [4.69, 9.17) is 0 Å². The van der Waals surface area contributed by atoms with E-state index in [0.717, 1.165) is 32.0 Å². The molecule has 2 heterocycles. The molecule has 0 bridgehead atoms. The highest BCUT2D eigenvalue weighted by Gasteiger charge is 2.14. The minimum absolute atomic E-state index is 0.386. The van der Waals surface area contributed by atoms with Crippen LogP contribution in [0.15, 0.2) is 24.3 Å². The van der Waals surface area contributed by atoms with Crippen molar-refractivity contribution >= 4 is 5.82 Å². The molecule has 4 nitrogen and oxygen atoms in total. The molecule has 3 rings (SSSR count). The molecule has 0 aliphatic carbocycles. The normalized spacial score (nSPS) is 16.3. The quantitative estimate of drug-likeness (QED) is 0.808. The van der Waals surface area contributed by atoms with Gasteiger partial charge in [0.15, 0.2) is 0 Å². The van der Waals surface area contributed by atoms with Gasteiger partial charge in [-0.3, -0.25) is 5.10 Å². The van der Waals surface area contributed by atoms with Crippen molar-refractivity contribution < 1.29 is 8.78 Å². The summed E-state index contributed by atoms with van der Waals surface area (Å²) in [6.45, 7) is 1.98.